The number of amides is 3. The molecule has 1 fully saturated rings. The summed E-state index contributed by atoms with van der Waals surface area (Å²) in [5, 5.41) is 5.69. The summed E-state index contributed by atoms with van der Waals surface area (Å²) in [6, 6.07) is 9.03. The second kappa shape index (κ2) is 11.7. The molecule has 3 amide bonds. The SMILES string of the molecule is CO/N=C(\C(=O)N[C@@H]1C(=O)N2C(C(=O)OCc3ccc(OC)cc3)=C(COC(N)=O)CS[C@H]12)c1ccco1. The number of benzene rings is 1. The number of ether oxygens (including phenoxy) is 3. The lowest BCUT2D eigenvalue weighted by Gasteiger charge is -2.49. The van der Waals surface area contributed by atoms with Gasteiger partial charge in [0, 0.05) is 11.3 Å². The molecule has 3 heterocycles. The van der Waals surface area contributed by atoms with Crippen LogP contribution in [-0.4, -0.2) is 72.5 Å². The highest BCUT2D eigenvalue weighted by Crippen LogP contribution is 2.41. The van der Waals surface area contributed by atoms with E-state index in [2.05, 4.69) is 10.5 Å². The van der Waals surface area contributed by atoms with E-state index in [0.29, 0.717) is 16.9 Å². The maximum Gasteiger partial charge on any atom is 0.404 e. The average molecular weight is 545 g/mol. The van der Waals surface area contributed by atoms with Crippen molar-refractivity contribution in [3.05, 3.63) is 65.3 Å². The van der Waals surface area contributed by atoms with Crippen LogP contribution < -0.4 is 15.8 Å². The molecule has 1 saturated heterocycles. The monoisotopic (exact) mass is 544 g/mol. The summed E-state index contributed by atoms with van der Waals surface area (Å²) in [5.41, 5.74) is 5.91. The van der Waals surface area contributed by atoms with Crippen molar-refractivity contribution in [1.29, 1.82) is 0 Å². The van der Waals surface area contributed by atoms with E-state index in [-0.39, 0.29) is 36.1 Å². The molecule has 2 atom stereocenters. The summed E-state index contributed by atoms with van der Waals surface area (Å²) in [6.07, 6.45) is 0.337. The Hall–Kier alpha value is -4.46. The van der Waals surface area contributed by atoms with Crippen molar-refractivity contribution in [2.75, 3.05) is 26.6 Å². The van der Waals surface area contributed by atoms with Gasteiger partial charge in [-0.2, -0.15) is 0 Å². The number of carbonyl (C=O) groups excluding carboxylic acids is 4. The molecule has 2 aliphatic heterocycles. The lowest BCUT2D eigenvalue weighted by Crippen LogP contribution is -2.71. The fourth-order valence-corrected chi connectivity index (χ4v) is 5.12. The van der Waals surface area contributed by atoms with E-state index in [0.717, 1.165) is 0 Å². The van der Waals surface area contributed by atoms with Crippen LogP contribution in [-0.2, 0) is 35.3 Å². The van der Waals surface area contributed by atoms with Gasteiger partial charge in [-0.15, -0.1) is 11.8 Å². The summed E-state index contributed by atoms with van der Waals surface area (Å²) in [6.45, 7) is -0.373. The van der Waals surface area contributed by atoms with Gasteiger partial charge >= 0.3 is 12.1 Å². The van der Waals surface area contributed by atoms with Gasteiger partial charge in [0.15, 0.2) is 5.76 Å². The summed E-state index contributed by atoms with van der Waals surface area (Å²) in [7, 11) is 2.81. The third-order valence-corrected chi connectivity index (χ3v) is 6.94. The molecular weight excluding hydrogens is 520 g/mol. The molecule has 1 aromatic carbocycles. The third kappa shape index (κ3) is 5.59. The van der Waals surface area contributed by atoms with Crippen LogP contribution in [0.4, 0.5) is 4.79 Å². The number of hydrogen-bond donors (Lipinski definition) is 2. The highest BCUT2D eigenvalue weighted by atomic mass is 32.2. The van der Waals surface area contributed by atoms with E-state index < -0.39 is 35.3 Å². The number of hydrogen-bond acceptors (Lipinski definition) is 11. The molecule has 200 valence electrons. The number of rotatable bonds is 10. The van der Waals surface area contributed by atoms with Gasteiger partial charge in [0.1, 0.15) is 43.2 Å². The Morgan fingerprint density at radius 2 is 1.92 bits per heavy atom. The summed E-state index contributed by atoms with van der Waals surface area (Å²) in [4.78, 5) is 56.3. The molecule has 13 nitrogen and oxygen atoms in total. The topological polar surface area (TPSA) is 172 Å². The number of nitrogens with one attached hydrogen (secondary N) is 1. The van der Waals surface area contributed by atoms with Gasteiger partial charge in [0.2, 0.25) is 5.71 Å². The summed E-state index contributed by atoms with van der Waals surface area (Å²) >= 11 is 1.27. The molecule has 1 aromatic heterocycles. The molecule has 0 unspecified atom stereocenters. The molecular formula is C24H24N4O9S. The van der Waals surface area contributed by atoms with E-state index in [4.69, 9.17) is 29.2 Å². The highest BCUT2D eigenvalue weighted by molar-refractivity contribution is 8.00. The first-order valence-corrected chi connectivity index (χ1v) is 12.2. The predicted molar refractivity (Wildman–Crippen MR) is 133 cm³/mol. The van der Waals surface area contributed by atoms with Gasteiger partial charge in [0.05, 0.1) is 13.4 Å². The van der Waals surface area contributed by atoms with Gasteiger partial charge in [-0.3, -0.25) is 14.5 Å². The molecule has 4 rings (SSSR count). The van der Waals surface area contributed by atoms with Crippen LogP contribution in [0.15, 0.2) is 63.5 Å². The first-order valence-electron chi connectivity index (χ1n) is 11.2. The van der Waals surface area contributed by atoms with Crippen LogP contribution in [0.25, 0.3) is 0 Å². The Labute approximate surface area is 220 Å². The Morgan fingerprint density at radius 1 is 1.16 bits per heavy atom. The number of thioether (sulfide) groups is 1. The maximum absolute atomic E-state index is 13.2. The summed E-state index contributed by atoms with van der Waals surface area (Å²) < 4.78 is 20.7. The second-order valence-electron chi connectivity index (χ2n) is 7.94. The number of oxime groups is 1. The zero-order valence-electron chi connectivity index (χ0n) is 20.4. The van der Waals surface area contributed by atoms with Crippen molar-refractivity contribution in [1.82, 2.24) is 10.2 Å². The minimum atomic E-state index is -1.03. The van der Waals surface area contributed by atoms with E-state index in [9.17, 15) is 19.2 Å². The standard InChI is InChI=1S/C24H24N4O9S/c1-33-15-7-5-13(6-8-15)10-36-23(31)19-14(11-37-24(25)32)12-38-22-18(21(30)28(19)22)26-20(29)17(27-34-2)16-4-3-9-35-16/h3-9,18,22H,10-12H2,1-2H3,(H2,25,32)(H,26,29)/b27-17-/t18-,22-/m1/s1. The van der Waals surface area contributed by atoms with Crippen LogP contribution in [0.3, 0.4) is 0 Å². The van der Waals surface area contributed by atoms with Gasteiger partial charge in [0.25, 0.3) is 11.8 Å². The van der Waals surface area contributed by atoms with Gasteiger partial charge < -0.3 is 34.5 Å². The number of carbonyl (C=O) groups is 4. The molecule has 0 radical (unpaired) electrons. The Kier molecular flexibility index (Phi) is 8.21. The number of primary amides is 1. The zero-order chi connectivity index (χ0) is 27.2. The maximum atomic E-state index is 13.2. The molecule has 0 bridgehead atoms. The predicted octanol–water partition coefficient (Wildman–Crippen LogP) is 1.13. The fourth-order valence-electron chi connectivity index (χ4n) is 3.79. The molecule has 3 N–H and O–H groups in total. The van der Waals surface area contributed by atoms with Crippen LogP contribution in [0.2, 0.25) is 0 Å². The van der Waals surface area contributed by atoms with Crippen LogP contribution in [0, 0.1) is 0 Å². The first kappa shape index (κ1) is 26.6. The number of esters is 1. The van der Waals surface area contributed by atoms with Crippen LogP contribution in [0.1, 0.15) is 11.3 Å². The molecule has 0 spiro atoms. The van der Waals surface area contributed by atoms with Crippen LogP contribution in [0.5, 0.6) is 5.75 Å². The van der Waals surface area contributed by atoms with Gasteiger partial charge in [-0.05, 0) is 29.8 Å². The zero-order valence-corrected chi connectivity index (χ0v) is 21.2. The molecule has 2 aliphatic rings. The van der Waals surface area contributed by atoms with Gasteiger partial charge in [-0.1, -0.05) is 17.3 Å². The fraction of sp³-hybridized carbons (Fsp3) is 0.292. The molecule has 14 heteroatoms. The Bertz CT molecular complexity index is 1270. The Morgan fingerprint density at radius 3 is 2.55 bits per heavy atom. The van der Waals surface area contributed by atoms with Crippen molar-refractivity contribution < 1.29 is 42.6 Å². The van der Waals surface area contributed by atoms with Gasteiger partial charge in [-0.25, -0.2) is 9.59 Å². The third-order valence-electron chi connectivity index (χ3n) is 5.60. The number of methoxy groups -OCH3 is 1. The second-order valence-corrected chi connectivity index (χ2v) is 9.05. The van der Waals surface area contributed by atoms with Crippen molar-refractivity contribution >= 4 is 41.4 Å². The van der Waals surface area contributed by atoms with Crippen molar-refractivity contribution in [3.63, 3.8) is 0 Å². The minimum Gasteiger partial charge on any atom is -0.497 e. The number of β-lactam (4-membered cyclic amide) rings is 1. The molecule has 0 aliphatic carbocycles. The lowest BCUT2D eigenvalue weighted by atomic mass is 10.0. The summed E-state index contributed by atoms with van der Waals surface area (Å²) in [5.74, 6) is -1.03. The normalized spacial score (nSPS) is 18.7. The van der Waals surface area contributed by atoms with Crippen molar-refractivity contribution in [2.45, 2.75) is 18.0 Å². The molecule has 0 saturated carbocycles. The Balaban J connectivity index is 1.50. The molecule has 2 aromatic rings. The number of fused-ring (bicyclic) bond motifs is 1. The largest absolute Gasteiger partial charge is 0.497 e. The smallest absolute Gasteiger partial charge is 0.404 e. The van der Waals surface area contributed by atoms with E-state index in [1.165, 1.54) is 43.2 Å². The van der Waals surface area contributed by atoms with Crippen LogP contribution >= 0.6 is 11.8 Å². The minimum absolute atomic E-state index is 0.0594. The average Bonchev–Trinajstić information content (AvgIpc) is 3.46. The number of nitrogens with zero attached hydrogens (tertiary/aromatic N) is 2. The number of furan rings is 1. The number of nitrogens with two attached hydrogens (primary N) is 1. The highest BCUT2D eigenvalue weighted by Gasteiger charge is 2.54. The van der Waals surface area contributed by atoms with E-state index >= 15 is 0 Å². The van der Waals surface area contributed by atoms with Crippen molar-refractivity contribution in [3.8, 4) is 5.75 Å². The quantitative estimate of drug-likeness (QED) is 0.191. The first-order chi connectivity index (χ1) is 18.3. The van der Waals surface area contributed by atoms with E-state index in [1.807, 2.05) is 0 Å². The van der Waals surface area contributed by atoms with Crippen molar-refractivity contribution in [2.24, 2.45) is 10.9 Å². The van der Waals surface area contributed by atoms with E-state index in [1.54, 1.807) is 30.3 Å². The molecule has 38 heavy (non-hydrogen) atoms. The lowest BCUT2D eigenvalue weighted by molar-refractivity contribution is -0.153.